The maximum absolute atomic E-state index is 11.4. The van der Waals surface area contributed by atoms with Gasteiger partial charge in [-0.25, -0.2) is 0 Å². The Morgan fingerprint density at radius 3 is 2.41 bits per heavy atom. The van der Waals surface area contributed by atoms with Crippen molar-refractivity contribution in [3.63, 3.8) is 0 Å². The van der Waals surface area contributed by atoms with Crippen molar-refractivity contribution < 1.29 is 4.79 Å². The van der Waals surface area contributed by atoms with Gasteiger partial charge in [0.15, 0.2) is 0 Å². The maximum Gasteiger partial charge on any atom is 0.248 e. The summed E-state index contributed by atoms with van der Waals surface area (Å²) in [6.45, 7) is 0. The Morgan fingerprint density at radius 2 is 1.77 bits per heavy atom. The number of benzene rings is 2. The molecule has 2 N–H and O–H groups in total. The third-order valence-electron chi connectivity index (χ3n) is 3.74. The van der Waals surface area contributed by atoms with Crippen LogP contribution in [0.3, 0.4) is 0 Å². The molecule has 3 aromatic rings. The number of carbonyl (C=O) groups is 1. The van der Waals surface area contributed by atoms with Crippen molar-refractivity contribution in [2.24, 2.45) is 5.73 Å². The normalized spacial score (nSPS) is 10.6. The van der Waals surface area contributed by atoms with E-state index in [2.05, 4.69) is 34.1 Å². The summed E-state index contributed by atoms with van der Waals surface area (Å²) in [5.41, 5.74) is 9.08. The highest BCUT2D eigenvalue weighted by Gasteiger charge is 2.08. The molecule has 0 saturated heterocycles. The number of rotatable bonds is 3. The lowest BCUT2D eigenvalue weighted by atomic mass is 9.99. The SMILES string of the molecule is CN(C)c1ccc(-c2cncc3ccc(C(N)=O)cc23)cc1. The second-order valence-corrected chi connectivity index (χ2v) is 5.43. The second kappa shape index (κ2) is 5.48. The molecule has 110 valence electrons. The highest BCUT2D eigenvalue weighted by Crippen LogP contribution is 2.29. The Balaban J connectivity index is 2.17. The predicted octanol–water partition coefficient (Wildman–Crippen LogP) is 3.07. The van der Waals surface area contributed by atoms with E-state index in [9.17, 15) is 4.79 Å². The molecule has 0 aliphatic heterocycles. The smallest absolute Gasteiger partial charge is 0.248 e. The number of carbonyl (C=O) groups excluding carboxylic acids is 1. The van der Waals surface area contributed by atoms with Gasteiger partial charge in [0, 0.05) is 48.7 Å². The number of aromatic nitrogens is 1. The highest BCUT2D eigenvalue weighted by atomic mass is 16.1. The van der Waals surface area contributed by atoms with E-state index in [1.807, 2.05) is 32.4 Å². The minimum absolute atomic E-state index is 0.424. The van der Waals surface area contributed by atoms with E-state index >= 15 is 0 Å². The van der Waals surface area contributed by atoms with E-state index in [0.29, 0.717) is 5.56 Å². The van der Waals surface area contributed by atoms with Crippen molar-refractivity contribution >= 4 is 22.4 Å². The van der Waals surface area contributed by atoms with Crippen LogP contribution in [0.25, 0.3) is 21.9 Å². The van der Waals surface area contributed by atoms with Crippen molar-refractivity contribution in [2.75, 3.05) is 19.0 Å². The molecular formula is C18H17N3O. The molecule has 1 heterocycles. The van der Waals surface area contributed by atoms with Crippen LogP contribution in [0.1, 0.15) is 10.4 Å². The first-order chi connectivity index (χ1) is 10.6. The first-order valence-electron chi connectivity index (χ1n) is 7.01. The molecule has 4 nitrogen and oxygen atoms in total. The molecule has 0 atom stereocenters. The van der Waals surface area contributed by atoms with Crippen LogP contribution in [0.4, 0.5) is 5.69 Å². The van der Waals surface area contributed by atoms with Crippen LogP contribution in [0.2, 0.25) is 0 Å². The first kappa shape index (κ1) is 14.1. The Labute approximate surface area is 129 Å². The van der Waals surface area contributed by atoms with Gasteiger partial charge in [0.05, 0.1) is 0 Å². The summed E-state index contributed by atoms with van der Waals surface area (Å²) in [7, 11) is 4.02. The van der Waals surface area contributed by atoms with Crippen LogP contribution in [-0.2, 0) is 0 Å². The Morgan fingerprint density at radius 1 is 1.05 bits per heavy atom. The molecule has 0 fully saturated rings. The third kappa shape index (κ3) is 2.51. The van der Waals surface area contributed by atoms with E-state index in [4.69, 9.17) is 5.73 Å². The van der Waals surface area contributed by atoms with Crippen molar-refractivity contribution in [2.45, 2.75) is 0 Å². The lowest BCUT2D eigenvalue weighted by molar-refractivity contribution is 0.100. The third-order valence-corrected chi connectivity index (χ3v) is 3.74. The number of hydrogen-bond acceptors (Lipinski definition) is 3. The van der Waals surface area contributed by atoms with E-state index in [0.717, 1.165) is 27.6 Å². The summed E-state index contributed by atoms with van der Waals surface area (Å²) in [6.07, 6.45) is 3.61. The average Bonchev–Trinajstić information content (AvgIpc) is 2.53. The quantitative estimate of drug-likeness (QED) is 0.806. The molecule has 2 aromatic carbocycles. The Kier molecular flexibility index (Phi) is 3.51. The molecule has 1 amide bonds. The van der Waals surface area contributed by atoms with Gasteiger partial charge in [-0.15, -0.1) is 0 Å². The molecule has 0 bridgehead atoms. The fourth-order valence-electron chi connectivity index (χ4n) is 2.49. The fraction of sp³-hybridized carbons (Fsp3) is 0.111. The molecule has 0 aliphatic carbocycles. The molecule has 22 heavy (non-hydrogen) atoms. The number of nitrogens with two attached hydrogens (primary N) is 1. The summed E-state index contributed by atoms with van der Waals surface area (Å²) < 4.78 is 0. The van der Waals surface area contributed by atoms with Crippen molar-refractivity contribution in [3.05, 3.63) is 60.4 Å². The van der Waals surface area contributed by atoms with Gasteiger partial charge in [-0.3, -0.25) is 9.78 Å². The second-order valence-electron chi connectivity index (χ2n) is 5.43. The summed E-state index contributed by atoms with van der Waals surface area (Å²) in [5, 5.41) is 1.96. The van der Waals surface area contributed by atoms with Gasteiger partial charge in [0.2, 0.25) is 5.91 Å². The van der Waals surface area contributed by atoms with Gasteiger partial charge in [0.25, 0.3) is 0 Å². The molecule has 0 saturated carbocycles. The van der Waals surface area contributed by atoms with Gasteiger partial charge in [-0.05, 0) is 35.2 Å². The summed E-state index contributed by atoms with van der Waals surface area (Å²) in [4.78, 5) is 17.8. The lowest BCUT2D eigenvalue weighted by Gasteiger charge is -2.13. The van der Waals surface area contributed by atoms with Crippen LogP contribution in [0.15, 0.2) is 54.9 Å². The molecule has 0 spiro atoms. The highest BCUT2D eigenvalue weighted by molar-refractivity contribution is 6.02. The number of fused-ring (bicyclic) bond motifs is 1. The fourth-order valence-corrected chi connectivity index (χ4v) is 2.49. The van der Waals surface area contributed by atoms with E-state index in [-0.39, 0.29) is 0 Å². The number of anilines is 1. The van der Waals surface area contributed by atoms with Crippen LogP contribution in [0.5, 0.6) is 0 Å². The topological polar surface area (TPSA) is 59.2 Å². The van der Waals surface area contributed by atoms with E-state index in [1.165, 1.54) is 0 Å². The van der Waals surface area contributed by atoms with Gasteiger partial charge < -0.3 is 10.6 Å². The van der Waals surface area contributed by atoms with Crippen LogP contribution >= 0.6 is 0 Å². The lowest BCUT2D eigenvalue weighted by Crippen LogP contribution is -2.10. The zero-order valence-corrected chi connectivity index (χ0v) is 12.6. The minimum Gasteiger partial charge on any atom is -0.378 e. The van der Waals surface area contributed by atoms with Crippen molar-refractivity contribution in [1.82, 2.24) is 4.98 Å². The number of nitrogens with zero attached hydrogens (tertiary/aromatic N) is 2. The largest absolute Gasteiger partial charge is 0.378 e. The zero-order chi connectivity index (χ0) is 15.7. The monoisotopic (exact) mass is 291 g/mol. The standard InChI is InChI=1S/C18H17N3O/c1-21(2)15-7-5-12(6-8-15)17-11-20-10-14-4-3-13(18(19)22)9-16(14)17/h3-11H,1-2H3,(H2,19,22). The van der Waals surface area contributed by atoms with Crippen LogP contribution in [0, 0.1) is 0 Å². The molecular weight excluding hydrogens is 274 g/mol. The molecule has 3 rings (SSSR count). The number of hydrogen-bond donors (Lipinski definition) is 1. The number of primary amides is 1. The maximum atomic E-state index is 11.4. The predicted molar refractivity (Wildman–Crippen MR) is 90.0 cm³/mol. The van der Waals surface area contributed by atoms with Crippen molar-refractivity contribution in [3.8, 4) is 11.1 Å². The zero-order valence-electron chi connectivity index (χ0n) is 12.6. The van der Waals surface area contributed by atoms with Crippen LogP contribution < -0.4 is 10.6 Å². The summed E-state index contributed by atoms with van der Waals surface area (Å²) in [5.74, 6) is -0.424. The van der Waals surface area contributed by atoms with Gasteiger partial charge in [-0.1, -0.05) is 18.2 Å². The van der Waals surface area contributed by atoms with Gasteiger partial charge in [0.1, 0.15) is 0 Å². The van der Waals surface area contributed by atoms with Gasteiger partial charge in [-0.2, -0.15) is 0 Å². The summed E-state index contributed by atoms with van der Waals surface area (Å²) in [6, 6.07) is 13.7. The number of pyridine rings is 1. The number of amides is 1. The minimum atomic E-state index is -0.424. The van der Waals surface area contributed by atoms with E-state index < -0.39 is 5.91 Å². The summed E-state index contributed by atoms with van der Waals surface area (Å²) >= 11 is 0. The van der Waals surface area contributed by atoms with E-state index in [1.54, 1.807) is 12.3 Å². The molecule has 0 radical (unpaired) electrons. The molecule has 4 heteroatoms. The Bertz CT molecular complexity index is 839. The van der Waals surface area contributed by atoms with Crippen LogP contribution in [-0.4, -0.2) is 25.0 Å². The average molecular weight is 291 g/mol. The molecule has 1 aromatic heterocycles. The molecule has 0 unspecified atom stereocenters. The van der Waals surface area contributed by atoms with Gasteiger partial charge >= 0.3 is 0 Å². The van der Waals surface area contributed by atoms with Crippen molar-refractivity contribution in [1.29, 1.82) is 0 Å². The molecule has 0 aliphatic rings. The Hall–Kier alpha value is -2.88. The first-order valence-corrected chi connectivity index (χ1v) is 7.01.